The summed E-state index contributed by atoms with van der Waals surface area (Å²) in [6.07, 6.45) is 3.54. The molecule has 1 aromatic heterocycles. The van der Waals surface area contributed by atoms with Gasteiger partial charge in [-0.05, 0) is 12.3 Å². The van der Waals surface area contributed by atoms with E-state index >= 15 is 0 Å². The smallest absolute Gasteiger partial charge is 0.328 e. The van der Waals surface area contributed by atoms with Gasteiger partial charge in [0.05, 0.1) is 0 Å². The van der Waals surface area contributed by atoms with Crippen LogP contribution in [0.1, 0.15) is 26.3 Å². The molecule has 5 heteroatoms. The molecule has 1 aromatic rings. The molecule has 0 fully saturated rings. The SMILES string of the molecule is CC(C)CC(C(=O)O)n1ccn(C)c1=O. The summed E-state index contributed by atoms with van der Waals surface area (Å²) in [4.78, 5) is 22.6. The Kier molecular flexibility index (Phi) is 3.34. The molecule has 84 valence electrons. The topological polar surface area (TPSA) is 64.2 Å². The molecular formula is C10H16N2O3. The Bertz CT molecular complexity index is 403. The monoisotopic (exact) mass is 212 g/mol. The number of rotatable bonds is 4. The van der Waals surface area contributed by atoms with Gasteiger partial charge in [-0.2, -0.15) is 0 Å². The highest BCUT2D eigenvalue weighted by atomic mass is 16.4. The molecule has 1 unspecified atom stereocenters. The highest BCUT2D eigenvalue weighted by molar-refractivity contribution is 5.71. The van der Waals surface area contributed by atoms with Gasteiger partial charge >= 0.3 is 11.7 Å². The number of aryl methyl sites for hydroxylation is 1. The third-order valence-corrected chi connectivity index (χ3v) is 2.29. The number of imidazole rings is 1. The molecule has 0 aliphatic heterocycles. The number of hydrogen-bond donors (Lipinski definition) is 1. The van der Waals surface area contributed by atoms with Crippen molar-refractivity contribution in [1.82, 2.24) is 9.13 Å². The van der Waals surface area contributed by atoms with Gasteiger partial charge in [0, 0.05) is 19.4 Å². The molecule has 0 spiro atoms. The van der Waals surface area contributed by atoms with Crippen LogP contribution in [0.4, 0.5) is 0 Å². The molecule has 1 heterocycles. The summed E-state index contributed by atoms with van der Waals surface area (Å²) in [6.45, 7) is 3.87. The Labute approximate surface area is 88.0 Å². The number of nitrogens with zero attached hydrogens (tertiary/aromatic N) is 2. The Morgan fingerprint density at radius 3 is 2.40 bits per heavy atom. The standard InChI is InChI=1S/C10H16N2O3/c1-7(2)6-8(9(13)14)12-5-4-11(3)10(12)15/h4-5,7-8H,6H2,1-3H3,(H,13,14). The van der Waals surface area contributed by atoms with Gasteiger partial charge < -0.3 is 9.67 Å². The lowest BCUT2D eigenvalue weighted by atomic mass is 10.0. The summed E-state index contributed by atoms with van der Waals surface area (Å²) in [7, 11) is 1.60. The van der Waals surface area contributed by atoms with E-state index in [1.165, 1.54) is 15.3 Å². The number of aliphatic carboxylic acids is 1. The molecule has 0 radical (unpaired) electrons. The van der Waals surface area contributed by atoms with Gasteiger partial charge in [-0.25, -0.2) is 9.59 Å². The lowest BCUT2D eigenvalue weighted by molar-refractivity contribution is -0.141. The third kappa shape index (κ3) is 2.49. The van der Waals surface area contributed by atoms with Crippen molar-refractivity contribution in [3.63, 3.8) is 0 Å². The number of carbonyl (C=O) groups is 1. The maximum absolute atomic E-state index is 11.6. The Morgan fingerprint density at radius 1 is 1.47 bits per heavy atom. The Balaban J connectivity index is 3.05. The van der Waals surface area contributed by atoms with E-state index in [1.807, 2.05) is 13.8 Å². The van der Waals surface area contributed by atoms with E-state index < -0.39 is 12.0 Å². The molecular weight excluding hydrogens is 196 g/mol. The predicted octanol–water partition coefficient (Wildman–Crippen LogP) is 0.859. The van der Waals surface area contributed by atoms with Crippen molar-refractivity contribution in [1.29, 1.82) is 0 Å². The fourth-order valence-corrected chi connectivity index (χ4v) is 1.50. The van der Waals surface area contributed by atoms with Crippen molar-refractivity contribution < 1.29 is 9.90 Å². The summed E-state index contributed by atoms with van der Waals surface area (Å²) in [5, 5.41) is 9.04. The molecule has 0 amide bonds. The highest BCUT2D eigenvalue weighted by Crippen LogP contribution is 2.15. The second-order valence-electron chi connectivity index (χ2n) is 4.08. The van der Waals surface area contributed by atoms with Crippen molar-refractivity contribution in [2.24, 2.45) is 13.0 Å². The predicted molar refractivity (Wildman–Crippen MR) is 55.8 cm³/mol. The molecule has 1 atom stereocenters. The zero-order chi connectivity index (χ0) is 11.6. The lowest BCUT2D eigenvalue weighted by Crippen LogP contribution is -2.31. The van der Waals surface area contributed by atoms with Crippen LogP contribution in [-0.2, 0) is 11.8 Å². The molecule has 0 aromatic carbocycles. The van der Waals surface area contributed by atoms with Crippen molar-refractivity contribution in [3.8, 4) is 0 Å². The Morgan fingerprint density at radius 2 is 2.07 bits per heavy atom. The number of aromatic nitrogens is 2. The second-order valence-corrected chi connectivity index (χ2v) is 4.08. The van der Waals surface area contributed by atoms with Crippen LogP contribution >= 0.6 is 0 Å². The average Bonchev–Trinajstić information content (AvgIpc) is 2.44. The zero-order valence-corrected chi connectivity index (χ0v) is 9.17. The Hall–Kier alpha value is -1.52. The molecule has 5 nitrogen and oxygen atoms in total. The second kappa shape index (κ2) is 4.33. The minimum absolute atomic E-state index is 0.234. The van der Waals surface area contributed by atoms with Crippen molar-refractivity contribution >= 4 is 5.97 Å². The van der Waals surface area contributed by atoms with E-state index in [0.29, 0.717) is 6.42 Å². The molecule has 1 rings (SSSR count). The first-order valence-corrected chi connectivity index (χ1v) is 4.89. The molecule has 0 aliphatic rings. The zero-order valence-electron chi connectivity index (χ0n) is 9.17. The fourth-order valence-electron chi connectivity index (χ4n) is 1.50. The molecule has 0 aliphatic carbocycles. The van der Waals surface area contributed by atoms with Crippen molar-refractivity contribution in [3.05, 3.63) is 22.9 Å². The van der Waals surface area contributed by atoms with Crippen LogP contribution in [0.25, 0.3) is 0 Å². The minimum Gasteiger partial charge on any atom is -0.480 e. The number of hydrogen-bond acceptors (Lipinski definition) is 2. The average molecular weight is 212 g/mol. The van der Waals surface area contributed by atoms with Gasteiger partial charge in [-0.15, -0.1) is 0 Å². The van der Waals surface area contributed by atoms with E-state index in [1.54, 1.807) is 13.2 Å². The van der Waals surface area contributed by atoms with E-state index in [9.17, 15) is 9.59 Å². The van der Waals surface area contributed by atoms with E-state index in [-0.39, 0.29) is 11.6 Å². The van der Waals surface area contributed by atoms with Gasteiger partial charge in [-0.3, -0.25) is 4.57 Å². The largest absolute Gasteiger partial charge is 0.480 e. The van der Waals surface area contributed by atoms with Gasteiger partial charge in [0.1, 0.15) is 6.04 Å². The summed E-state index contributed by atoms with van der Waals surface area (Å²) in [6, 6.07) is -0.765. The van der Waals surface area contributed by atoms with Crippen molar-refractivity contribution in [2.75, 3.05) is 0 Å². The summed E-state index contributed by atoms with van der Waals surface area (Å²) < 4.78 is 2.64. The molecule has 0 saturated heterocycles. The van der Waals surface area contributed by atoms with Crippen LogP contribution < -0.4 is 5.69 Å². The van der Waals surface area contributed by atoms with Crippen LogP contribution in [0.15, 0.2) is 17.2 Å². The lowest BCUT2D eigenvalue weighted by Gasteiger charge is -2.14. The van der Waals surface area contributed by atoms with Crippen LogP contribution in [0.2, 0.25) is 0 Å². The summed E-state index contributed by atoms with van der Waals surface area (Å²) in [5.74, 6) is -0.727. The summed E-state index contributed by atoms with van der Waals surface area (Å²) >= 11 is 0. The van der Waals surface area contributed by atoms with E-state index in [0.717, 1.165) is 0 Å². The quantitative estimate of drug-likeness (QED) is 0.805. The number of carboxylic acids is 1. The minimum atomic E-state index is -0.961. The molecule has 1 N–H and O–H groups in total. The van der Waals surface area contributed by atoms with Crippen LogP contribution in [0, 0.1) is 5.92 Å². The fraction of sp³-hybridized carbons (Fsp3) is 0.600. The van der Waals surface area contributed by atoms with Crippen LogP contribution in [0.5, 0.6) is 0 Å². The van der Waals surface area contributed by atoms with Gasteiger partial charge in [0.15, 0.2) is 0 Å². The van der Waals surface area contributed by atoms with Crippen molar-refractivity contribution in [2.45, 2.75) is 26.3 Å². The maximum atomic E-state index is 11.6. The first kappa shape index (κ1) is 11.6. The first-order chi connectivity index (χ1) is 6.93. The van der Waals surface area contributed by atoms with Gasteiger partial charge in [-0.1, -0.05) is 13.8 Å². The number of carboxylic acid groups (broad SMARTS) is 1. The van der Waals surface area contributed by atoms with Crippen LogP contribution in [0.3, 0.4) is 0 Å². The van der Waals surface area contributed by atoms with Gasteiger partial charge in [0.2, 0.25) is 0 Å². The van der Waals surface area contributed by atoms with E-state index in [4.69, 9.17) is 5.11 Å². The molecule has 0 bridgehead atoms. The van der Waals surface area contributed by atoms with Crippen LogP contribution in [-0.4, -0.2) is 20.2 Å². The highest BCUT2D eigenvalue weighted by Gasteiger charge is 2.22. The molecule has 15 heavy (non-hydrogen) atoms. The summed E-state index contributed by atoms with van der Waals surface area (Å²) in [5.41, 5.74) is -0.289. The maximum Gasteiger partial charge on any atom is 0.328 e. The van der Waals surface area contributed by atoms with E-state index in [2.05, 4.69) is 0 Å². The third-order valence-electron chi connectivity index (χ3n) is 2.29. The molecule has 0 saturated carbocycles. The first-order valence-electron chi connectivity index (χ1n) is 4.89. The normalized spacial score (nSPS) is 13.1. The van der Waals surface area contributed by atoms with Gasteiger partial charge in [0.25, 0.3) is 0 Å².